The van der Waals surface area contributed by atoms with Crippen molar-refractivity contribution in [1.82, 2.24) is 4.90 Å². The molecule has 1 aliphatic heterocycles. The Morgan fingerprint density at radius 1 is 1.40 bits per heavy atom. The van der Waals surface area contributed by atoms with Crippen LogP contribution in [-0.2, 0) is 22.6 Å². The van der Waals surface area contributed by atoms with Gasteiger partial charge in [0.25, 0.3) is 5.91 Å². The predicted molar refractivity (Wildman–Crippen MR) is 78.9 cm³/mol. The van der Waals surface area contributed by atoms with E-state index in [0.717, 1.165) is 17.5 Å². The van der Waals surface area contributed by atoms with Gasteiger partial charge in [0.1, 0.15) is 6.10 Å². The van der Waals surface area contributed by atoms with Gasteiger partial charge >= 0.3 is 0 Å². The van der Waals surface area contributed by atoms with Crippen molar-refractivity contribution >= 4 is 5.91 Å². The summed E-state index contributed by atoms with van der Waals surface area (Å²) in [7, 11) is 0. The summed E-state index contributed by atoms with van der Waals surface area (Å²) in [6, 6.07) is 8.02. The fourth-order valence-electron chi connectivity index (χ4n) is 2.65. The lowest BCUT2D eigenvalue weighted by Crippen LogP contribution is -2.40. The molecule has 2 unspecified atom stereocenters. The van der Waals surface area contributed by atoms with E-state index in [1.165, 1.54) is 0 Å². The first-order chi connectivity index (χ1) is 9.67. The van der Waals surface area contributed by atoms with Crippen LogP contribution in [0.3, 0.4) is 0 Å². The van der Waals surface area contributed by atoms with Crippen molar-refractivity contribution in [1.29, 1.82) is 0 Å². The molecule has 110 valence electrons. The molecule has 0 spiro atoms. The van der Waals surface area contributed by atoms with E-state index in [-0.39, 0.29) is 12.0 Å². The molecule has 0 saturated carbocycles. The molecule has 0 aliphatic carbocycles. The number of rotatable bonds is 5. The summed E-state index contributed by atoms with van der Waals surface area (Å²) in [5.74, 6) is 0.408. The second-order valence-corrected chi connectivity index (χ2v) is 5.38. The fourth-order valence-corrected chi connectivity index (χ4v) is 2.65. The van der Waals surface area contributed by atoms with Gasteiger partial charge in [-0.15, -0.1) is 0 Å². The molecule has 1 amide bonds. The molecule has 0 aromatic heterocycles. The van der Waals surface area contributed by atoms with Crippen molar-refractivity contribution < 1.29 is 9.53 Å². The van der Waals surface area contributed by atoms with E-state index in [9.17, 15) is 4.79 Å². The van der Waals surface area contributed by atoms with Crippen molar-refractivity contribution in [2.45, 2.75) is 39.5 Å². The van der Waals surface area contributed by atoms with Gasteiger partial charge in [0.05, 0.1) is 0 Å². The Labute approximate surface area is 120 Å². The third kappa shape index (κ3) is 3.19. The third-order valence-electron chi connectivity index (χ3n) is 4.02. The zero-order chi connectivity index (χ0) is 14.5. The Hall–Kier alpha value is -1.39. The van der Waals surface area contributed by atoms with Crippen LogP contribution in [0.4, 0.5) is 0 Å². The van der Waals surface area contributed by atoms with Crippen molar-refractivity contribution in [3.05, 3.63) is 35.4 Å². The van der Waals surface area contributed by atoms with Crippen LogP contribution in [0, 0.1) is 5.92 Å². The van der Waals surface area contributed by atoms with E-state index in [0.29, 0.717) is 32.2 Å². The van der Waals surface area contributed by atoms with Crippen molar-refractivity contribution in [3.63, 3.8) is 0 Å². The highest BCUT2D eigenvalue weighted by Gasteiger charge is 2.33. The maximum Gasteiger partial charge on any atom is 0.252 e. The molecule has 1 aliphatic rings. The van der Waals surface area contributed by atoms with Gasteiger partial charge in [-0.25, -0.2) is 0 Å². The van der Waals surface area contributed by atoms with Gasteiger partial charge in [-0.2, -0.15) is 0 Å². The SMILES string of the molecule is CCN(Cc1ccccc1CN)C(=O)C1OCCC1C. The summed E-state index contributed by atoms with van der Waals surface area (Å²) < 4.78 is 5.59. The molecule has 4 heteroatoms. The van der Waals surface area contributed by atoms with Crippen LogP contribution in [-0.4, -0.2) is 30.1 Å². The largest absolute Gasteiger partial charge is 0.368 e. The van der Waals surface area contributed by atoms with Crippen LogP contribution in [0.15, 0.2) is 24.3 Å². The fraction of sp³-hybridized carbons (Fsp3) is 0.562. The summed E-state index contributed by atoms with van der Waals surface area (Å²) in [6.45, 7) is 6.56. The van der Waals surface area contributed by atoms with E-state index < -0.39 is 0 Å². The normalized spacial score (nSPS) is 21.9. The van der Waals surface area contributed by atoms with Crippen LogP contribution in [0.2, 0.25) is 0 Å². The molecule has 1 aromatic carbocycles. The minimum Gasteiger partial charge on any atom is -0.368 e. The Morgan fingerprint density at radius 3 is 2.65 bits per heavy atom. The zero-order valence-electron chi connectivity index (χ0n) is 12.3. The molecule has 20 heavy (non-hydrogen) atoms. The van der Waals surface area contributed by atoms with Gasteiger partial charge in [0, 0.05) is 26.2 Å². The lowest BCUT2D eigenvalue weighted by Gasteiger charge is -2.26. The second kappa shape index (κ2) is 6.86. The second-order valence-electron chi connectivity index (χ2n) is 5.38. The summed E-state index contributed by atoms with van der Waals surface area (Å²) in [5.41, 5.74) is 7.98. The van der Waals surface area contributed by atoms with Crippen LogP contribution in [0.25, 0.3) is 0 Å². The highest BCUT2D eigenvalue weighted by molar-refractivity contribution is 5.81. The van der Waals surface area contributed by atoms with Gasteiger partial charge in [-0.3, -0.25) is 4.79 Å². The number of nitrogens with zero attached hydrogens (tertiary/aromatic N) is 1. The molecule has 4 nitrogen and oxygen atoms in total. The van der Waals surface area contributed by atoms with Crippen LogP contribution >= 0.6 is 0 Å². The number of carbonyl (C=O) groups is 1. The molecule has 2 atom stereocenters. The van der Waals surface area contributed by atoms with Crippen LogP contribution in [0.5, 0.6) is 0 Å². The lowest BCUT2D eigenvalue weighted by molar-refractivity contribution is -0.142. The minimum absolute atomic E-state index is 0.101. The van der Waals surface area contributed by atoms with E-state index >= 15 is 0 Å². The average molecular weight is 276 g/mol. The number of hydrogen-bond donors (Lipinski definition) is 1. The minimum atomic E-state index is -0.278. The first-order valence-corrected chi connectivity index (χ1v) is 7.34. The summed E-state index contributed by atoms with van der Waals surface area (Å²) >= 11 is 0. The molecule has 1 heterocycles. The predicted octanol–water partition coefficient (Wildman–Crippen LogP) is 1.92. The van der Waals surface area contributed by atoms with Crippen LogP contribution < -0.4 is 5.73 Å². The molecule has 0 bridgehead atoms. The van der Waals surface area contributed by atoms with Gasteiger partial charge in [-0.1, -0.05) is 31.2 Å². The van der Waals surface area contributed by atoms with E-state index in [1.807, 2.05) is 36.1 Å². The number of ether oxygens (including phenoxy) is 1. The van der Waals surface area contributed by atoms with Crippen molar-refractivity contribution in [3.8, 4) is 0 Å². The molecule has 1 fully saturated rings. The Morgan fingerprint density at radius 2 is 2.10 bits per heavy atom. The molecule has 0 radical (unpaired) electrons. The Bertz CT molecular complexity index is 462. The van der Waals surface area contributed by atoms with Gasteiger partial charge < -0.3 is 15.4 Å². The Kier molecular flexibility index (Phi) is 5.15. The smallest absolute Gasteiger partial charge is 0.252 e. The standard InChI is InChI=1S/C16H24N2O2/c1-3-18(16(19)15-12(2)8-9-20-15)11-14-7-5-4-6-13(14)10-17/h4-7,12,15H,3,8-11,17H2,1-2H3. The monoisotopic (exact) mass is 276 g/mol. The molecular formula is C16H24N2O2. The Balaban J connectivity index is 2.10. The van der Waals surface area contributed by atoms with Gasteiger partial charge in [0.2, 0.25) is 0 Å². The van der Waals surface area contributed by atoms with E-state index in [1.54, 1.807) is 0 Å². The topological polar surface area (TPSA) is 55.6 Å². The molecule has 2 N–H and O–H groups in total. The molecule has 1 saturated heterocycles. The first kappa shape index (κ1) is 15.0. The number of carbonyl (C=O) groups excluding carboxylic acids is 1. The van der Waals surface area contributed by atoms with Gasteiger partial charge in [0.15, 0.2) is 0 Å². The number of amides is 1. The third-order valence-corrected chi connectivity index (χ3v) is 4.02. The number of benzene rings is 1. The maximum absolute atomic E-state index is 12.6. The van der Waals surface area contributed by atoms with Crippen LogP contribution in [0.1, 0.15) is 31.4 Å². The number of nitrogens with two attached hydrogens (primary N) is 1. The zero-order valence-corrected chi connectivity index (χ0v) is 12.3. The lowest BCUT2D eigenvalue weighted by atomic mass is 10.0. The summed E-state index contributed by atoms with van der Waals surface area (Å²) in [4.78, 5) is 14.4. The van der Waals surface area contributed by atoms with Crippen molar-refractivity contribution in [2.24, 2.45) is 11.7 Å². The van der Waals surface area contributed by atoms with Gasteiger partial charge in [-0.05, 0) is 30.4 Å². The quantitative estimate of drug-likeness (QED) is 0.894. The van der Waals surface area contributed by atoms with E-state index in [4.69, 9.17) is 10.5 Å². The maximum atomic E-state index is 12.6. The highest BCUT2D eigenvalue weighted by Crippen LogP contribution is 2.23. The number of likely N-dealkylation sites (N-methyl/N-ethyl adjacent to an activating group) is 1. The van der Waals surface area contributed by atoms with E-state index in [2.05, 4.69) is 6.92 Å². The summed E-state index contributed by atoms with van der Waals surface area (Å²) in [5, 5.41) is 0. The highest BCUT2D eigenvalue weighted by atomic mass is 16.5. The molecule has 2 rings (SSSR count). The number of hydrogen-bond acceptors (Lipinski definition) is 3. The first-order valence-electron chi connectivity index (χ1n) is 7.34. The average Bonchev–Trinajstić information content (AvgIpc) is 2.90. The molecular weight excluding hydrogens is 252 g/mol. The van der Waals surface area contributed by atoms with Crippen molar-refractivity contribution in [2.75, 3.05) is 13.2 Å². The summed E-state index contributed by atoms with van der Waals surface area (Å²) in [6.07, 6.45) is 0.688. The molecule has 1 aromatic rings.